The molecule has 3 heterocycles. The standard InChI is InChI=1S/C20H18F6N6O2S/c1-34-15-14-16(28-10-27-15)35-17(29-14)30-18(33)32-4-2-31(3-5-32)9-11-6-12(19(21,22)23)8-13(7-11)20(24,25)26/h6-8,10H,2-5,9H2,1H3,(H,29,30,33). The van der Waals surface area contributed by atoms with Crippen LogP contribution in [0, 0.1) is 0 Å². The van der Waals surface area contributed by atoms with Gasteiger partial charge in [0.15, 0.2) is 15.5 Å². The molecule has 1 aromatic carbocycles. The van der Waals surface area contributed by atoms with Crippen molar-refractivity contribution in [3.63, 3.8) is 0 Å². The number of rotatable bonds is 4. The Balaban J connectivity index is 1.39. The highest BCUT2D eigenvalue weighted by Gasteiger charge is 2.37. The van der Waals surface area contributed by atoms with Crippen LogP contribution in [-0.4, -0.2) is 64.1 Å². The third-order valence-corrected chi connectivity index (χ3v) is 6.16. The molecular formula is C20H18F6N6O2S. The highest BCUT2D eigenvalue weighted by atomic mass is 32.1. The fourth-order valence-electron chi connectivity index (χ4n) is 3.59. The number of nitrogens with one attached hydrogen (secondary N) is 1. The number of halogens is 6. The molecule has 0 atom stereocenters. The van der Waals surface area contributed by atoms with Crippen molar-refractivity contribution >= 4 is 32.8 Å². The van der Waals surface area contributed by atoms with Crippen molar-refractivity contribution in [3.8, 4) is 5.88 Å². The van der Waals surface area contributed by atoms with Crippen LogP contribution in [-0.2, 0) is 18.9 Å². The topological polar surface area (TPSA) is 83.5 Å². The van der Waals surface area contributed by atoms with Gasteiger partial charge in [0.25, 0.3) is 0 Å². The summed E-state index contributed by atoms with van der Waals surface area (Å²) in [6, 6.07) is 1.11. The SMILES string of the molecule is COc1ncnc2sc(NC(=O)N3CCN(Cc4cc(C(F)(F)F)cc(C(F)(F)F)c4)CC3)nc12. The van der Waals surface area contributed by atoms with Crippen LogP contribution in [0.5, 0.6) is 5.88 Å². The van der Waals surface area contributed by atoms with E-state index >= 15 is 0 Å². The molecule has 8 nitrogen and oxygen atoms in total. The van der Waals surface area contributed by atoms with Gasteiger partial charge in [-0.25, -0.2) is 14.8 Å². The number of urea groups is 1. The molecule has 188 valence electrons. The number of aromatic nitrogens is 3. The van der Waals surface area contributed by atoms with Crippen molar-refractivity contribution in [2.45, 2.75) is 18.9 Å². The Bertz CT molecular complexity index is 1190. The molecule has 0 aliphatic carbocycles. The predicted octanol–water partition coefficient (Wildman–Crippen LogP) is 4.48. The minimum absolute atomic E-state index is 0.102. The van der Waals surface area contributed by atoms with Gasteiger partial charge < -0.3 is 9.64 Å². The van der Waals surface area contributed by atoms with Crippen molar-refractivity contribution in [3.05, 3.63) is 41.2 Å². The Kier molecular flexibility index (Phi) is 6.73. The van der Waals surface area contributed by atoms with Crippen LogP contribution in [0.3, 0.4) is 0 Å². The Hall–Kier alpha value is -3.20. The van der Waals surface area contributed by atoms with Gasteiger partial charge in [0.2, 0.25) is 5.88 Å². The first-order valence-corrected chi connectivity index (χ1v) is 11.0. The number of hydrogen-bond acceptors (Lipinski definition) is 7. The average Bonchev–Trinajstić information content (AvgIpc) is 3.20. The van der Waals surface area contributed by atoms with Gasteiger partial charge in [-0.15, -0.1) is 0 Å². The Morgan fingerprint density at radius 1 is 1.03 bits per heavy atom. The number of fused-ring (bicyclic) bond motifs is 1. The second kappa shape index (κ2) is 9.45. The third-order valence-electron chi connectivity index (χ3n) is 5.28. The summed E-state index contributed by atoms with van der Waals surface area (Å²) in [4.78, 5) is 28.6. The first kappa shape index (κ1) is 24.9. The van der Waals surface area contributed by atoms with Crippen molar-refractivity contribution in [1.29, 1.82) is 0 Å². The second-order valence-electron chi connectivity index (χ2n) is 7.66. The Labute approximate surface area is 198 Å². The van der Waals surface area contributed by atoms with Crippen LogP contribution < -0.4 is 10.1 Å². The third kappa shape index (κ3) is 5.73. The fraction of sp³-hybridized carbons (Fsp3) is 0.400. The van der Waals surface area contributed by atoms with Gasteiger partial charge in [0.05, 0.1) is 18.2 Å². The number of benzene rings is 1. The van der Waals surface area contributed by atoms with E-state index in [-0.39, 0.29) is 55.4 Å². The van der Waals surface area contributed by atoms with Crippen molar-refractivity contribution in [1.82, 2.24) is 24.8 Å². The molecule has 0 unspecified atom stereocenters. The second-order valence-corrected chi connectivity index (χ2v) is 8.64. The minimum Gasteiger partial charge on any atom is -0.479 e. The number of carbonyl (C=O) groups is 1. The van der Waals surface area contributed by atoms with Crippen molar-refractivity contribution in [2.75, 3.05) is 38.6 Å². The largest absolute Gasteiger partial charge is 0.479 e. The van der Waals surface area contributed by atoms with E-state index in [1.54, 1.807) is 4.90 Å². The van der Waals surface area contributed by atoms with Crippen LogP contribution in [0.4, 0.5) is 36.3 Å². The van der Waals surface area contributed by atoms with Gasteiger partial charge >= 0.3 is 18.4 Å². The normalized spacial score (nSPS) is 15.5. The molecule has 0 saturated carbocycles. The molecule has 1 saturated heterocycles. The van der Waals surface area contributed by atoms with E-state index < -0.39 is 29.5 Å². The van der Waals surface area contributed by atoms with Crippen molar-refractivity contribution < 1.29 is 35.9 Å². The smallest absolute Gasteiger partial charge is 0.416 e. The zero-order valence-electron chi connectivity index (χ0n) is 18.1. The summed E-state index contributed by atoms with van der Waals surface area (Å²) in [5.74, 6) is 0.267. The van der Waals surface area contributed by atoms with E-state index in [1.807, 2.05) is 0 Å². The van der Waals surface area contributed by atoms with E-state index in [0.717, 1.165) is 23.5 Å². The highest BCUT2D eigenvalue weighted by molar-refractivity contribution is 7.22. The highest BCUT2D eigenvalue weighted by Crippen LogP contribution is 2.36. The number of carbonyl (C=O) groups excluding carboxylic acids is 1. The zero-order valence-corrected chi connectivity index (χ0v) is 18.9. The number of thiazole rings is 1. The van der Waals surface area contributed by atoms with Gasteiger partial charge in [-0.2, -0.15) is 31.3 Å². The number of nitrogens with zero attached hydrogens (tertiary/aromatic N) is 5. The van der Waals surface area contributed by atoms with Crippen LogP contribution >= 0.6 is 11.3 Å². The molecule has 35 heavy (non-hydrogen) atoms. The van der Waals surface area contributed by atoms with Crippen molar-refractivity contribution in [2.24, 2.45) is 0 Å². The lowest BCUT2D eigenvalue weighted by molar-refractivity contribution is -0.143. The van der Waals surface area contributed by atoms with E-state index in [0.29, 0.717) is 10.3 Å². The summed E-state index contributed by atoms with van der Waals surface area (Å²) < 4.78 is 83.7. The summed E-state index contributed by atoms with van der Waals surface area (Å²) in [5, 5.41) is 2.95. The fourth-order valence-corrected chi connectivity index (χ4v) is 4.37. The number of alkyl halides is 6. The monoisotopic (exact) mass is 520 g/mol. The molecule has 1 aliphatic heterocycles. The number of piperazine rings is 1. The maximum absolute atomic E-state index is 13.1. The zero-order chi connectivity index (χ0) is 25.4. The van der Waals surface area contributed by atoms with Gasteiger partial charge in [0.1, 0.15) is 6.33 Å². The summed E-state index contributed by atoms with van der Waals surface area (Å²) in [7, 11) is 1.43. The van der Waals surface area contributed by atoms with Crippen LogP contribution in [0.1, 0.15) is 16.7 Å². The molecule has 1 fully saturated rings. The summed E-state index contributed by atoms with van der Waals surface area (Å²) >= 11 is 1.13. The predicted molar refractivity (Wildman–Crippen MR) is 114 cm³/mol. The number of anilines is 1. The molecule has 2 aromatic heterocycles. The average molecular weight is 520 g/mol. The molecule has 1 N–H and O–H groups in total. The summed E-state index contributed by atoms with van der Waals surface area (Å²) in [6.07, 6.45) is -8.49. The molecular weight excluding hydrogens is 502 g/mol. The van der Waals surface area contributed by atoms with E-state index in [2.05, 4.69) is 20.3 Å². The lowest BCUT2D eigenvalue weighted by Crippen LogP contribution is -2.49. The Morgan fingerprint density at radius 3 is 2.23 bits per heavy atom. The minimum atomic E-state index is -4.90. The van der Waals surface area contributed by atoms with Crippen LogP contribution in [0.25, 0.3) is 10.3 Å². The molecule has 2 amide bonds. The molecule has 15 heteroatoms. The molecule has 0 radical (unpaired) electrons. The molecule has 3 aromatic rings. The number of ether oxygens (including phenoxy) is 1. The molecule has 0 bridgehead atoms. The van der Waals surface area contributed by atoms with E-state index in [9.17, 15) is 31.1 Å². The quantitative estimate of drug-likeness (QED) is 0.511. The van der Waals surface area contributed by atoms with Gasteiger partial charge in [-0.1, -0.05) is 11.3 Å². The van der Waals surface area contributed by atoms with Crippen LogP contribution in [0.15, 0.2) is 24.5 Å². The maximum Gasteiger partial charge on any atom is 0.416 e. The van der Waals surface area contributed by atoms with E-state index in [1.165, 1.54) is 18.3 Å². The first-order valence-electron chi connectivity index (χ1n) is 10.2. The van der Waals surface area contributed by atoms with E-state index in [4.69, 9.17) is 4.74 Å². The van der Waals surface area contributed by atoms with Gasteiger partial charge in [-0.3, -0.25) is 10.2 Å². The van der Waals surface area contributed by atoms with Gasteiger partial charge in [-0.05, 0) is 23.8 Å². The van der Waals surface area contributed by atoms with Crippen LogP contribution in [0.2, 0.25) is 0 Å². The number of amides is 2. The summed E-state index contributed by atoms with van der Waals surface area (Å²) in [5.41, 5.74) is -2.40. The van der Waals surface area contributed by atoms with Gasteiger partial charge in [0, 0.05) is 32.7 Å². The Morgan fingerprint density at radius 2 is 1.66 bits per heavy atom. The number of methoxy groups -OCH3 is 1. The molecule has 4 rings (SSSR count). The maximum atomic E-state index is 13.1. The molecule has 1 aliphatic rings. The molecule has 0 spiro atoms. The lowest BCUT2D eigenvalue weighted by atomic mass is 10.0. The number of hydrogen-bond donors (Lipinski definition) is 1. The first-order chi connectivity index (χ1) is 16.4. The summed E-state index contributed by atoms with van der Waals surface area (Å²) in [6.45, 7) is 0.878. The lowest BCUT2D eigenvalue weighted by Gasteiger charge is -2.34.